The van der Waals surface area contributed by atoms with E-state index >= 15 is 0 Å². The number of amides is 1. The van der Waals surface area contributed by atoms with Crippen LogP contribution in [0.4, 0.5) is 0 Å². The molecule has 27 heavy (non-hydrogen) atoms. The Labute approximate surface area is 167 Å². The van der Waals surface area contributed by atoms with E-state index < -0.39 is 0 Å². The minimum Gasteiger partial charge on any atom is -0.490 e. The van der Waals surface area contributed by atoms with Gasteiger partial charge in [0.15, 0.2) is 11.5 Å². The molecule has 1 amide bonds. The summed E-state index contributed by atoms with van der Waals surface area (Å²) in [5, 5.41) is 6.79. The van der Waals surface area contributed by atoms with Crippen LogP contribution in [-0.4, -0.2) is 43.9 Å². The van der Waals surface area contributed by atoms with Crippen molar-refractivity contribution >= 4 is 18.3 Å². The van der Waals surface area contributed by atoms with Crippen LogP contribution in [0.1, 0.15) is 56.8 Å². The van der Waals surface area contributed by atoms with E-state index in [1.807, 2.05) is 20.8 Å². The molecule has 1 aromatic rings. The summed E-state index contributed by atoms with van der Waals surface area (Å²) in [5.41, 5.74) is 0.547. The van der Waals surface area contributed by atoms with Crippen LogP contribution in [-0.2, 0) is 0 Å². The Bertz CT molecular complexity index is 601. The number of rotatable bonds is 8. The SMILES string of the molecule is CCOc1cc(C(=O)NC2CC3CCC(C2)N3)cc(OCC)c1OCC.Cl. The smallest absolute Gasteiger partial charge is 0.251 e. The molecule has 6 nitrogen and oxygen atoms in total. The van der Waals surface area contributed by atoms with E-state index in [2.05, 4.69) is 10.6 Å². The third-order valence-corrected chi connectivity index (χ3v) is 4.98. The van der Waals surface area contributed by atoms with Gasteiger partial charge < -0.3 is 24.8 Å². The first-order valence-electron chi connectivity index (χ1n) is 9.77. The van der Waals surface area contributed by atoms with E-state index in [9.17, 15) is 4.79 Å². The third-order valence-electron chi connectivity index (χ3n) is 4.98. The largest absolute Gasteiger partial charge is 0.490 e. The summed E-state index contributed by atoms with van der Waals surface area (Å²) < 4.78 is 17.1. The molecular weight excluding hydrogens is 368 g/mol. The van der Waals surface area contributed by atoms with Gasteiger partial charge in [-0.1, -0.05) is 0 Å². The number of carbonyl (C=O) groups excluding carboxylic acids is 1. The third kappa shape index (κ3) is 5.20. The minimum atomic E-state index is -0.0822. The monoisotopic (exact) mass is 398 g/mol. The van der Waals surface area contributed by atoms with Crippen molar-refractivity contribution in [1.82, 2.24) is 10.6 Å². The van der Waals surface area contributed by atoms with Gasteiger partial charge in [0.2, 0.25) is 5.75 Å². The lowest BCUT2D eigenvalue weighted by Gasteiger charge is -2.29. The maximum atomic E-state index is 12.8. The van der Waals surface area contributed by atoms with E-state index in [4.69, 9.17) is 14.2 Å². The van der Waals surface area contributed by atoms with Crippen LogP contribution >= 0.6 is 12.4 Å². The van der Waals surface area contributed by atoms with E-state index in [-0.39, 0.29) is 24.4 Å². The second-order valence-electron chi connectivity index (χ2n) is 6.88. The van der Waals surface area contributed by atoms with Crippen molar-refractivity contribution in [3.63, 3.8) is 0 Å². The van der Waals surface area contributed by atoms with Crippen LogP contribution in [0.15, 0.2) is 12.1 Å². The van der Waals surface area contributed by atoms with Gasteiger partial charge in [-0.2, -0.15) is 0 Å². The Hall–Kier alpha value is -1.66. The molecule has 2 heterocycles. The maximum absolute atomic E-state index is 12.8. The summed E-state index contributed by atoms with van der Waals surface area (Å²) in [6.45, 7) is 7.23. The van der Waals surface area contributed by atoms with Crippen molar-refractivity contribution in [3.8, 4) is 17.2 Å². The number of halogens is 1. The lowest BCUT2D eigenvalue weighted by Crippen LogP contribution is -2.48. The molecule has 2 aliphatic rings. The zero-order valence-electron chi connectivity index (χ0n) is 16.4. The molecular formula is C20H31ClN2O4. The van der Waals surface area contributed by atoms with Gasteiger partial charge in [0, 0.05) is 23.7 Å². The summed E-state index contributed by atoms with van der Waals surface area (Å²) in [6, 6.07) is 4.80. The Morgan fingerprint density at radius 1 is 1.00 bits per heavy atom. The Morgan fingerprint density at radius 3 is 2.00 bits per heavy atom. The van der Waals surface area contributed by atoms with Gasteiger partial charge in [-0.3, -0.25) is 4.79 Å². The molecule has 2 saturated heterocycles. The Balaban J connectivity index is 0.00000261. The second kappa shape index (κ2) is 10.0. The number of hydrogen-bond donors (Lipinski definition) is 2. The number of carbonyl (C=O) groups is 1. The maximum Gasteiger partial charge on any atom is 0.251 e. The standard InChI is InChI=1S/C20H30N2O4.ClH/c1-4-24-17-9-13(10-18(25-5-2)19(17)26-6-3)20(23)22-16-11-14-7-8-15(12-16)21-14;/h9-10,14-16,21H,4-8,11-12H2,1-3H3,(H,22,23);1H. The van der Waals surface area contributed by atoms with E-state index in [1.165, 1.54) is 12.8 Å². The molecule has 2 bridgehead atoms. The molecule has 152 valence electrons. The van der Waals surface area contributed by atoms with Crippen LogP contribution in [0.2, 0.25) is 0 Å². The lowest BCUT2D eigenvalue weighted by atomic mass is 9.99. The summed E-state index contributed by atoms with van der Waals surface area (Å²) in [7, 11) is 0. The summed E-state index contributed by atoms with van der Waals surface area (Å²) in [4.78, 5) is 12.8. The first-order chi connectivity index (χ1) is 12.6. The van der Waals surface area contributed by atoms with Gasteiger partial charge in [0.05, 0.1) is 19.8 Å². The van der Waals surface area contributed by atoms with Crippen molar-refractivity contribution in [2.24, 2.45) is 0 Å². The van der Waals surface area contributed by atoms with E-state index in [0.717, 1.165) is 12.8 Å². The van der Waals surface area contributed by atoms with Crippen molar-refractivity contribution in [1.29, 1.82) is 0 Å². The molecule has 1 aromatic carbocycles. The highest BCUT2D eigenvalue weighted by Crippen LogP contribution is 2.39. The number of fused-ring (bicyclic) bond motifs is 2. The van der Waals surface area contributed by atoms with E-state index in [1.54, 1.807) is 12.1 Å². The number of benzene rings is 1. The summed E-state index contributed by atoms with van der Waals surface area (Å²) in [5.74, 6) is 1.58. The highest BCUT2D eigenvalue weighted by molar-refractivity contribution is 5.95. The van der Waals surface area contributed by atoms with Gasteiger partial charge in [-0.15, -0.1) is 12.4 Å². The summed E-state index contributed by atoms with van der Waals surface area (Å²) in [6.07, 6.45) is 4.41. The fourth-order valence-corrected chi connectivity index (χ4v) is 3.96. The average molecular weight is 399 g/mol. The zero-order chi connectivity index (χ0) is 18.5. The molecule has 2 unspecified atom stereocenters. The van der Waals surface area contributed by atoms with Crippen LogP contribution in [0.3, 0.4) is 0 Å². The molecule has 7 heteroatoms. The highest BCUT2D eigenvalue weighted by Gasteiger charge is 2.34. The Kier molecular flexibility index (Phi) is 8.05. The molecule has 0 spiro atoms. The number of nitrogens with one attached hydrogen (secondary N) is 2. The van der Waals surface area contributed by atoms with Crippen LogP contribution in [0.5, 0.6) is 17.2 Å². The van der Waals surface area contributed by atoms with Crippen LogP contribution < -0.4 is 24.8 Å². The minimum absolute atomic E-state index is 0. The zero-order valence-corrected chi connectivity index (χ0v) is 17.2. The van der Waals surface area contributed by atoms with Gasteiger partial charge in [-0.25, -0.2) is 0 Å². The average Bonchev–Trinajstić information content (AvgIpc) is 2.96. The fourth-order valence-electron chi connectivity index (χ4n) is 3.96. The molecule has 0 aromatic heterocycles. The van der Waals surface area contributed by atoms with Crippen molar-refractivity contribution in [3.05, 3.63) is 17.7 Å². The highest BCUT2D eigenvalue weighted by atomic mass is 35.5. The van der Waals surface area contributed by atoms with Gasteiger partial charge in [-0.05, 0) is 58.6 Å². The molecule has 2 atom stereocenters. The van der Waals surface area contributed by atoms with Gasteiger partial charge in [0.25, 0.3) is 5.91 Å². The van der Waals surface area contributed by atoms with Crippen molar-refractivity contribution in [2.75, 3.05) is 19.8 Å². The van der Waals surface area contributed by atoms with Crippen molar-refractivity contribution in [2.45, 2.75) is 64.6 Å². The molecule has 0 aliphatic carbocycles. The fraction of sp³-hybridized carbons (Fsp3) is 0.650. The molecule has 0 radical (unpaired) electrons. The molecule has 0 saturated carbocycles. The number of ether oxygens (including phenoxy) is 3. The lowest BCUT2D eigenvalue weighted by molar-refractivity contribution is 0.0923. The molecule has 3 rings (SSSR count). The normalized spacial score (nSPS) is 23.3. The van der Waals surface area contributed by atoms with Crippen molar-refractivity contribution < 1.29 is 19.0 Å². The first kappa shape index (κ1) is 21.6. The number of hydrogen-bond acceptors (Lipinski definition) is 5. The first-order valence-corrected chi connectivity index (χ1v) is 9.77. The predicted molar refractivity (Wildman–Crippen MR) is 108 cm³/mol. The van der Waals surface area contributed by atoms with Crippen LogP contribution in [0.25, 0.3) is 0 Å². The molecule has 2 N–H and O–H groups in total. The van der Waals surface area contributed by atoms with Gasteiger partial charge in [0.1, 0.15) is 0 Å². The quantitative estimate of drug-likeness (QED) is 0.703. The Morgan fingerprint density at radius 2 is 1.52 bits per heavy atom. The molecule has 2 fully saturated rings. The molecule has 2 aliphatic heterocycles. The second-order valence-corrected chi connectivity index (χ2v) is 6.88. The topological polar surface area (TPSA) is 68.8 Å². The van der Waals surface area contributed by atoms with Crippen LogP contribution in [0, 0.1) is 0 Å². The summed E-state index contributed by atoms with van der Waals surface area (Å²) >= 11 is 0. The predicted octanol–water partition coefficient (Wildman–Crippen LogP) is 3.32. The van der Waals surface area contributed by atoms with Gasteiger partial charge >= 0.3 is 0 Å². The van der Waals surface area contributed by atoms with E-state index in [0.29, 0.717) is 54.7 Å². The number of piperidine rings is 1.